The van der Waals surface area contributed by atoms with Gasteiger partial charge in [-0.2, -0.15) is 0 Å². The second-order valence-corrected chi connectivity index (χ2v) is 5.87. The van der Waals surface area contributed by atoms with Gasteiger partial charge in [-0.25, -0.2) is 4.79 Å². The highest BCUT2D eigenvalue weighted by molar-refractivity contribution is 6.14. The zero-order valence-corrected chi connectivity index (χ0v) is 12.3. The van der Waals surface area contributed by atoms with E-state index >= 15 is 0 Å². The van der Waals surface area contributed by atoms with E-state index in [-0.39, 0.29) is 18.0 Å². The minimum absolute atomic E-state index is 0.0650. The fourth-order valence-electron chi connectivity index (χ4n) is 3.05. The molecule has 1 saturated heterocycles. The number of nitrogens with zero attached hydrogens (tertiary/aromatic N) is 1. The Morgan fingerprint density at radius 3 is 2.43 bits per heavy atom. The number of amides is 3. The SMILES string of the molecule is Cc1ccc(/C=C2\NC(=O)N(C3CCCCC3)C2=O)cc1. The number of carbonyl (C=O) groups is 2. The predicted octanol–water partition coefficient (Wildman–Crippen LogP) is 3.22. The van der Waals surface area contributed by atoms with Crippen LogP contribution >= 0.6 is 0 Å². The summed E-state index contributed by atoms with van der Waals surface area (Å²) in [5.74, 6) is -0.188. The number of rotatable bonds is 2. The molecule has 1 aliphatic heterocycles. The number of carbonyl (C=O) groups excluding carboxylic acids is 2. The number of urea groups is 1. The van der Waals surface area contributed by atoms with E-state index < -0.39 is 0 Å². The van der Waals surface area contributed by atoms with Crippen molar-refractivity contribution in [2.45, 2.75) is 45.1 Å². The molecular formula is C17H20N2O2. The maximum absolute atomic E-state index is 12.5. The molecule has 2 aliphatic rings. The molecule has 2 fully saturated rings. The van der Waals surface area contributed by atoms with Gasteiger partial charge in [0.05, 0.1) is 0 Å². The second-order valence-electron chi connectivity index (χ2n) is 5.87. The van der Waals surface area contributed by atoms with Crippen molar-refractivity contribution in [3.05, 3.63) is 41.1 Å². The molecule has 4 nitrogen and oxygen atoms in total. The molecule has 21 heavy (non-hydrogen) atoms. The van der Waals surface area contributed by atoms with Crippen LogP contribution in [0.2, 0.25) is 0 Å². The first kappa shape index (κ1) is 13.9. The minimum atomic E-state index is -0.273. The van der Waals surface area contributed by atoms with Gasteiger partial charge in [0.2, 0.25) is 0 Å². The number of hydrogen-bond donors (Lipinski definition) is 1. The van der Waals surface area contributed by atoms with Crippen LogP contribution in [0.4, 0.5) is 4.79 Å². The highest BCUT2D eigenvalue weighted by Gasteiger charge is 2.38. The molecule has 1 saturated carbocycles. The number of aryl methyl sites for hydroxylation is 1. The van der Waals surface area contributed by atoms with Crippen LogP contribution in [0.3, 0.4) is 0 Å². The van der Waals surface area contributed by atoms with Gasteiger partial charge in [0.15, 0.2) is 0 Å². The molecule has 0 bridgehead atoms. The van der Waals surface area contributed by atoms with Gasteiger partial charge >= 0.3 is 6.03 Å². The fraction of sp³-hybridized carbons (Fsp3) is 0.412. The molecule has 3 rings (SSSR count). The Labute approximate surface area is 124 Å². The van der Waals surface area contributed by atoms with Crippen molar-refractivity contribution in [1.82, 2.24) is 10.2 Å². The molecule has 3 amide bonds. The maximum atomic E-state index is 12.5. The van der Waals surface area contributed by atoms with Gasteiger partial charge < -0.3 is 5.32 Å². The third kappa shape index (κ3) is 2.84. The Hall–Kier alpha value is -2.10. The molecule has 4 heteroatoms. The van der Waals surface area contributed by atoms with Crippen LogP contribution in [0, 0.1) is 6.92 Å². The van der Waals surface area contributed by atoms with E-state index in [9.17, 15) is 9.59 Å². The molecule has 110 valence electrons. The van der Waals surface area contributed by atoms with E-state index in [0.717, 1.165) is 31.2 Å². The molecule has 1 aliphatic carbocycles. The normalized spacial score (nSPS) is 22.0. The van der Waals surface area contributed by atoms with Crippen LogP contribution in [-0.2, 0) is 4.79 Å². The first-order valence-corrected chi connectivity index (χ1v) is 7.58. The van der Waals surface area contributed by atoms with Crippen LogP contribution in [-0.4, -0.2) is 22.9 Å². The number of imide groups is 1. The third-order valence-electron chi connectivity index (χ3n) is 4.24. The van der Waals surface area contributed by atoms with Gasteiger partial charge in [-0.15, -0.1) is 0 Å². The standard InChI is InChI=1S/C17H20N2O2/c1-12-7-9-13(10-8-12)11-15-16(20)19(17(21)18-15)14-5-3-2-4-6-14/h7-11,14H,2-6H2,1H3,(H,18,21)/b15-11-. The summed E-state index contributed by atoms with van der Waals surface area (Å²) in [6.07, 6.45) is 7.00. The van der Waals surface area contributed by atoms with Crippen molar-refractivity contribution in [3.8, 4) is 0 Å². The van der Waals surface area contributed by atoms with E-state index in [1.807, 2.05) is 31.2 Å². The first-order chi connectivity index (χ1) is 10.1. The molecule has 1 N–H and O–H groups in total. The van der Waals surface area contributed by atoms with E-state index in [1.165, 1.54) is 16.9 Å². The first-order valence-electron chi connectivity index (χ1n) is 7.58. The number of benzene rings is 1. The Morgan fingerprint density at radius 2 is 1.76 bits per heavy atom. The van der Waals surface area contributed by atoms with Crippen molar-refractivity contribution in [3.63, 3.8) is 0 Å². The van der Waals surface area contributed by atoms with Crippen LogP contribution < -0.4 is 5.32 Å². The van der Waals surface area contributed by atoms with Crippen molar-refractivity contribution in [2.75, 3.05) is 0 Å². The lowest BCUT2D eigenvalue weighted by molar-refractivity contribution is -0.124. The van der Waals surface area contributed by atoms with Crippen LogP contribution in [0.1, 0.15) is 43.2 Å². The third-order valence-corrected chi connectivity index (χ3v) is 4.24. The Kier molecular flexibility index (Phi) is 3.78. The lowest BCUT2D eigenvalue weighted by atomic mass is 9.94. The quantitative estimate of drug-likeness (QED) is 0.669. The topological polar surface area (TPSA) is 49.4 Å². The molecule has 1 heterocycles. The molecule has 0 atom stereocenters. The zero-order chi connectivity index (χ0) is 14.8. The Bertz CT molecular complexity index is 583. The van der Waals surface area contributed by atoms with E-state index in [2.05, 4.69) is 5.32 Å². The van der Waals surface area contributed by atoms with E-state index in [4.69, 9.17) is 0 Å². The van der Waals surface area contributed by atoms with Crippen molar-refractivity contribution < 1.29 is 9.59 Å². The highest BCUT2D eigenvalue weighted by Crippen LogP contribution is 2.26. The lowest BCUT2D eigenvalue weighted by Gasteiger charge is -2.28. The van der Waals surface area contributed by atoms with Crippen LogP contribution in [0.5, 0.6) is 0 Å². The monoisotopic (exact) mass is 284 g/mol. The Morgan fingerprint density at radius 1 is 1.10 bits per heavy atom. The van der Waals surface area contributed by atoms with Gasteiger partial charge in [0.1, 0.15) is 5.70 Å². The maximum Gasteiger partial charge on any atom is 0.329 e. The summed E-state index contributed by atoms with van der Waals surface area (Å²) in [5, 5.41) is 2.71. The van der Waals surface area contributed by atoms with Gasteiger partial charge in [0.25, 0.3) is 5.91 Å². The second kappa shape index (κ2) is 5.72. The molecule has 1 aromatic rings. The average molecular weight is 284 g/mol. The zero-order valence-electron chi connectivity index (χ0n) is 12.3. The number of hydrogen-bond acceptors (Lipinski definition) is 2. The van der Waals surface area contributed by atoms with Gasteiger partial charge in [-0.1, -0.05) is 49.1 Å². The summed E-state index contributed by atoms with van der Waals surface area (Å²) in [4.78, 5) is 26.0. The molecule has 0 unspecified atom stereocenters. The molecule has 0 radical (unpaired) electrons. The summed E-state index contributed by atoms with van der Waals surface area (Å²) in [5.41, 5.74) is 2.48. The van der Waals surface area contributed by atoms with Crippen molar-refractivity contribution in [2.24, 2.45) is 0 Å². The van der Waals surface area contributed by atoms with Crippen molar-refractivity contribution >= 4 is 18.0 Å². The molecule has 1 aromatic carbocycles. The molecular weight excluding hydrogens is 264 g/mol. The Balaban J connectivity index is 1.80. The largest absolute Gasteiger partial charge is 0.329 e. The van der Waals surface area contributed by atoms with Crippen LogP contribution in [0.25, 0.3) is 6.08 Å². The predicted molar refractivity (Wildman–Crippen MR) is 81.4 cm³/mol. The summed E-state index contributed by atoms with van der Waals surface area (Å²) in [7, 11) is 0. The van der Waals surface area contributed by atoms with Gasteiger partial charge in [-0.05, 0) is 31.4 Å². The average Bonchev–Trinajstić information content (AvgIpc) is 2.77. The minimum Gasteiger partial charge on any atom is -0.303 e. The number of nitrogens with one attached hydrogen (secondary N) is 1. The fourth-order valence-corrected chi connectivity index (χ4v) is 3.05. The lowest BCUT2D eigenvalue weighted by Crippen LogP contribution is -2.41. The summed E-state index contributed by atoms with van der Waals surface area (Å²) >= 11 is 0. The van der Waals surface area contributed by atoms with Gasteiger partial charge in [0, 0.05) is 6.04 Å². The van der Waals surface area contributed by atoms with Gasteiger partial charge in [-0.3, -0.25) is 9.69 Å². The summed E-state index contributed by atoms with van der Waals surface area (Å²) < 4.78 is 0. The van der Waals surface area contributed by atoms with Crippen molar-refractivity contribution in [1.29, 1.82) is 0 Å². The highest BCUT2D eigenvalue weighted by atomic mass is 16.2. The van der Waals surface area contributed by atoms with Crippen LogP contribution in [0.15, 0.2) is 30.0 Å². The smallest absolute Gasteiger partial charge is 0.303 e. The molecule has 0 spiro atoms. The molecule has 0 aromatic heterocycles. The van der Waals surface area contributed by atoms with E-state index in [0.29, 0.717) is 5.70 Å². The summed E-state index contributed by atoms with van der Waals surface area (Å²) in [6, 6.07) is 7.68. The van der Waals surface area contributed by atoms with E-state index in [1.54, 1.807) is 6.08 Å². The summed E-state index contributed by atoms with van der Waals surface area (Å²) in [6.45, 7) is 2.02.